The first kappa shape index (κ1) is 20.2. The van der Waals surface area contributed by atoms with E-state index in [9.17, 15) is 13.2 Å². The Labute approximate surface area is 187 Å². The molecule has 1 amide bonds. The second-order valence-electron chi connectivity index (χ2n) is 6.85. The number of fused-ring (bicyclic) bond motifs is 2. The lowest BCUT2D eigenvalue weighted by atomic mass is 10.1. The largest absolute Gasteiger partial charge is 0.486 e. The summed E-state index contributed by atoms with van der Waals surface area (Å²) in [7, 11) is -4.01. The first-order valence-electron chi connectivity index (χ1n) is 9.55. The SMILES string of the molecule is O=C(Nc1ccc2c(c1)OCCO2)c1ccccc1NS(=O)(=O)c1cccc2nsnc12. The van der Waals surface area contributed by atoms with Gasteiger partial charge in [-0.1, -0.05) is 18.2 Å². The van der Waals surface area contributed by atoms with E-state index < -0.39 is 15.9 Å². The van der Waals surface area contributed by atoms with Crippen molar-refractivity contribution in [1.29, 1.82) is 0 Å². The molecule has 0 radical (unpaired) electrons. The molecule has 0 fully saturated rings. The first-order valence-corrected chi connectivity index (χ1v) is 11.8. The second kappa shape index (κ2) is 8.09. The monoisotopic (exact) mass is 468 g/mol. The highest BCUT2D eigenvalue weighted by molar-refractivity contribution is 7.93. The quantitative estimate of drug-likeness (QED) is 0.460. The molecule has 0 bridgehead atoms. The Morgan fingerprint density at radius 2 is 1.75 bits per heavy atom. The molecule has 4 aromatic rings. The molecule has 0 saturated heterocycles. The normalized spacial score (nSPS) is 13.0. The van der Waals surface area contributed by atoms with Crippen LogP contribution in [-0.4, -0.2) is 36.3 Å². The molecule has 0 atom stereocenters. The Bertz CT molecular complexity index is 1440. The van der Waals surface area contributed by atoms with Crippen LogP contribution < -0.4 is 19.5 Å². The first-order chi connectivity index (χ1) is 15.5. The van der Waals surface area contributed by atoms with Crippen molar-refractivity contribution < 1.29 is 22.7 Å². The summed E-state index contributed by atoms with van der Waals surface area (Å²) < 4.78 is 47.8. The fourth-order valence-electron chi connectivity index (χ4n) is 3.29. The number of sulfonamides is 1. The molecule has 5 rings (SSSR count). The number of benzene rings is 3. The summed E-state index contributed by atoms with van der Waals surface area (Å²) in [6, 6.07) is 16.1. The number of hydrogen-bond donors (Lipinski definition) is 2. The Morgan fingerprint density at radius 1 is 0.938 bits per heavy atom. The van der Waals surface area contributed by atoms with E-state index in [-0.39, 0.29) is 21.7 Å². The minimum absolute atomic E-state index is 0.00852. The molecule has 11 heteroatoms. The van der Waals surface area contributed by atoms with Crippen LogP contribution in [0.3, 0.4) is 0 Å². The summed E-state index contributed by atoms with van der Waals surface area (Å²) in [4.78, 5) is 12.9. The van der Waals surface area contributed by atoms with Gasteiger partial charge >= 0.3 is 0 Å². The van der Waals surface area contributed by atoms with E-state index in [2.05, 4.69) is 18.8 Å². The van der Waals surface area contributed by atoms with Gasteiger partial charge in [0.25, 0.3) is 15.9 Å². The van der Waals surface area contributed by atoms with Crippen LogP contribution in [0.4, 0.5) is 11.4 Å². The van der Waals surface area contributed by atoms with Crippen LogP contribution in [0.25, 0.3) is 11.0 Å². The highest BCUT2D eigenvalue weighted by atomic mass is 32.2. The maximum Gasteiger partial charge on any atom is 0.264 e. The van der Waals surface area contributed by atoms with E-state index in [1.165, 1.54) is 18.2 Å². The molecule has 1 aliphatic heterocycles. The summed E-state index contributed by atoms with van der Waals surface area (Å²) in [6.45, 7) is 0.896. The van der Waals surface area contributed by atoms with Gasteiger partial charge in [-0.15, -0.1) is 0 Å². The summed E-state index contributed by atoms with van der Waals surface area (Å²) in [5, 5.41) is 2.77. The number of hydrogen-bond acceptors (Lipinski definition) is 8. The van der Waals surface area contributed by atoms with Crippen LogP contribution in [0.1, 0.15) is 10.4 Å². The summed E-state index contributed by atoms with van der Waals surface area (Å²) in [5.74, 6) is 0.662. The van der Waals surface area contributed by atoms with E-state index in [4.69, 9.17) is 9.47 Å². The minimum atomic E-state index is -4.01. The van der Waals surface area contributed by atoms with Gasteiger partial charge in [-0.3, -0.25) is 9.52 Å². The van der Waals surface area contributed by atoms with Crippen molar-refractivity contribution in [3.8, 4) is 11.5 Å². The number of nitrogens with one attached hydrogen (secondary N) is 2. The molecule has 0 unspecified atom stereocenters. The molecule has 1 aromatic heterocycles. The molecule has 0 spiro atoms. The molecule has 2 heterocycles. The van der Waals surface area contributed by atoms with Gasteiger partial charge in [-0.2, -0.15) is 8.75 Å². The maximum atomic E-state index is 13.1. The van der Waals surface area contributed by atoms with Crippen LogP contribution in [0.5, 0.6) is 11.5 Å². The average Bonchev–Trinajstić information content (AvgIpc) is 3.28. The molecule has 1 aliphatic rings. The van der Waals surface area contributed by atoms with Gasteiger partial charge in [0, 0.05) is 11.8 Å². The minimum Gasteiger partial charge on any atom is -0.486 e. The number of aromatic nitrogens is 2. The van der Waals surface area contributed by atoms with E-state index in [1.54, 1.807) is 42.5 Å². The van der Waals surface area contributed by atoms with Gasteiger partial charge in [-0.05, 0) is 36.4 Å². The van der Waals surface area contributed by atoms with Gasteiger partial charge in [-0.25, -0.2) is 8.42 Å². The predicted molar refractivity (Wildman–Crippen MR) is 120 cm³/mol. The van der Waals surface area contributed by atoms with Crippen molar-refractivity contribution in [2.75, 3.05) is 23.3 Å². The molecular weight excluding hydrogens is 452 g/mol. The van der Waals surface area contributed by atoms with Gasteiger partial charge in [0.05, 0.1) is 23.0 Å². The number of ether oxygens (including phenoxy) is 2. The zero-order valence-electron chi connectivity index (χ0n) is 16.4. The van der Waals surface area contributed by atoms with E-state index in [1.807, 2.05) is 0 Å². The fraction of sp³-hybridized carbons (Fsp3) is 0.0952. The molecular formula is C21H16N4O5S2. The number of carbonyl (C=O) groups is 1. The van der Waals surface area contributed by atoms with Crippen molar-refractivity contribution in [1.82, 2.24) is 8.75 Å². The molecule has 0 aliphatic carbocycles. The summed E-state index contributed by atoms with van der Waals surface area (Å²) in [6.07, 6.45) is 0. The van der Waals surface area contributed by atoms with Crippen molar-refractivity contribution in [2.45, 2.75) is 4.90 Å². The maximum absolute atomic E-state index is 13.1. The van der Waals surface area contributed by atoms with Crippen LogP contribution >= 0.6 is 11.7 Å². The molecule has 32 heavy (non-hydrogen) atoms. The zero-order chi connectivity index (χ0) is 22.1. The van der Waals surface area contributed by atoms with E-state index in [0.717, 1.165) is 11.7 Å². The fourth-order valence-corrected chi connectivity index (χ4v) is 5.14. The number of anilines is 2. The van der Waals surface area contributed by atoms with Crippen molar-refractivity contribution in [3.63, 3.8) is 0 Å². The third kappa shape index (κ3) is 3.83. The Balaban J connectivity index is 1.43. The number of carbonyl (C=O) groups excluding carboxylic acids is 1. The lowest BCUT2D eigenvalue weighted by Crippen LogP contribution is -2.19. The lowest BCUT2D eigenvalue weighted by molar-refractivity contribution is 0.102. The molecule has 2 N–H and O–H groups in total. The van der Waals surface area contributed by atoms with Crippen LogP contribution in [0, 0.1) is 0 Å². The number of para-hydroxylation sites is 1. The van der Waals surface area contributed by atoms with Gasteiger partial charge in [0.15, 0.2) is 11.5 Å². The molecule has 9 nitrogen and oxygen atoms in total. The Morgan fingerprint density at radius 3 is 2.62 bits per heavy atom. The highest BCUT2D eigenvalue weighted by Gasteiger charge is 2.22. The van der Waals surface area contributed by atoms with Crippen molar-refractivity contribution in [3.05, 3.63) is 66.2 Å². The van der Waals surface area contributed by atoms with Gasteiger partial charge in [0.1, 0.15) is 29.1 Å². The van der Waals surface area contributed by atoms with Crippen LogP contribution in [0.2, 0.25) is 0 Å². The van der Waals surface area contributed by atoms with Crippen molar-refractivity contribution in [2.24, 2.45) is 0 Å². The zero-order valence-corrected chi connectivity index (χ0v) is 18.1. The highest BCUT2D eigenvalue weighted by Crippen LogP contribution is 2.33. The van der Waals surface area contributed by atoms with E-state index >= 15 is 0 Å². The topological polar surface area (TPSA) is 120 Å². The smallest absolute Gasteiger partial charge is 0.264 e. The van der Waals surface area contributed by atoms with Gasteiger partial charge in [0.2, 0.25) is 0 Å². The number of nitrogens with zero attached hydrogens (tertiary/aromatic N) is 2. The van der Waals surface area contributed by atoms with Crippen LogP contribution in [0.15, 0.2) is 65.6 Å². The van der Waals surface area contributed by atoms with Crippen molar-refractivity contribution >= 4 is 50.1 Å². The third-order valence-electron chi connectivity index (χ3n) is 4.75. The Kier molecular flexibility index (Phi) is 5.11. The standard InChI is InChI=1S/C21H16N4O5S2/c26-21(22-13-8-9-17-18(12-13)30-11-10-29-17)14-4-1-2-5-15(14)25-32(27,28)19-7-3-6-16-20(19)24-31-23-16/h1-9,12,25H,10-11H2,(H,22,26). The molecule has 0 saturated carbocycles. The third-order valence-corrected chi connectivity index (χ3v) is 6.69. The average molecular weight is 469 g/mol. The predicted octanol–water partition coefficient (Wildman–Crippen LogP) is 3.52. The number of amides is 1. The van der Waals surface area contributed by atoms with Crippen LogP contribution in [-0.2, 0) is 10.0 Å². The lowest BCUT2D eigenvalue weighted by Gasteiger charge is -2.19. The van der Waals surface area contributed by atoms with Gasteiger partial charge < -0.3 is 14.8 Å². The Hall–Kier alpha value is -3.70. The molecule has 162 valence electrons. The summed E-state index contributed by atoms with van der Waals surface area (Å²) in [5.41, 5.74) is 1.57. The van der Waals surface area contributed by atoms with E-state index in [0.29, 0.717) is 35.9 Å². The number of rotatable bonds is 5. The molecule has 3 aromatic carbocycles. The second-order valence-corrected chi connectivity index (χ2v) is 9.03. The summed E-state index contributed by atoms with van der Waals surface area (Å²) >= 11 is 0.933.